The zero-order valence-corrected chi connectivity index (χ0v) is 31.9. The van der Waals surface area contributed by atoms with Crippen LogP contribution >= 0.6 is 11.3 Å². The molecule has 12 aromatic rings. The third-order valence-electron chi connectivity index (χ3n) is 11.3. The number of hydrogen-bond donors (Lipinski definition) is 0. The number of fused-ring (bicyclic) bond motifs is 9. The van der Waals surface area contributed by atoms with Gasteiger partial charge in [-0.25, -0.2) is 4.98 Å². The van der Waals surface area contributed by atoms with Gasteiger partial charge in [-0.2, -0.15) is 0 Å². The smallest absolute Gasteiger partial charge is 0.137 e. The van der Waals surface area contributed by atoms with Crippen LogP contribution in [-0.2, 0) is 0 Å². The standard InChI is InChI=1S/C53H32N2O2S/c1-2-8-33(9-3-1)35-16-21-40(22-17-35)55(42-25-27-44-43-12-6-7-13-47(43)56-50(44)32-42)41-23-18-36(19-24-41)38-20-26-45-49(31-38)57-48-29-28-46-52(51(45)48)58-53(54-46)39-15-14-34-10-4-5-11-37(34)30-39/h1-32H. The van der Waals surface area contributed by atoms with Crippen LogP contribution in [0.3, 0.4) is 0 Å². The Morgan fingerprint density at radius 3 is 1.81 bits per heavy atom. The molecule has 0 radical (unpaired) electrons. The highest BCUT2D eigenvalue weighted by Crippen LogP contribution is 2.43. The molecular formula is C53H32N2O2S. The van der Waals surface area contributed by atoms with Gasteiger partial charge in [-0.1, -0.05) is 115 Å². The summed E-state index contributed by atoms with van der Waals surface area (Å²) in [4.78, 5) is 7.36. The van der Waals surface area contributed by atoms with Gasteiger partial charge in [-0.15, -0.1) is 11.3 Å². The molecule has 0 atom stereocenters. The van der Waals surface area contributed by atoms with Crippen molar-refractivity contribution in [2.45, 2.75) is 0 Å². The summed E-state index contributed by atoms with van der Waals surface area (Å²) in [6.07, 6.45) is 0. The van der Waals surface area contributed by atoms with Gasteiger partial charge in [0.1, 0.15) is 27.3 Å². The molecule has 58 heavy (non-hydrogen) atoms. The first-order valence-corrected chi connectivity index (χ1v) is 20.2. The van der Waals surface area contributed by atoms with Gasteiger partial charge in [-0.3, -0.25) is 0 Å². The molecule has 0 bridgehead atoms. The fourth-order valence-electron chi connectivity index (χ4n) is 8.41. The molecule has 0 N–H and O–H groups in total. The predicted molar refractivity (Wildman–Crippen MR) is 243 cm³/mol. The van der Waals surface area contributed by atoms with Crippen molar-refractivity contribution >= 4 is 93.3 Å². The van der Waals surface area contributed by atoms with Crippen LogP contribution in [0.15, 0.2) is 203 Å². The van der Waals surface area contributed by atoms with E-state index in [0.717, 1.165) is 92.9 Å². The molecule has 0 fully saturated rings. The number of rotatable bonds is 6. The van der Waals surface area contributed by atoms with E-state index in [0.29, 0.717) is 0 Å². The average Bonchev–Trinajstić information content (AvgIpc) is 4.00. The Morgan fingerprint density at radius 1 is 0.379 bits per heavy atom. The molecular weight excluding hydrogens is 729 g/mol. The van der Waals surface area contributed by atoms with E-state index in [1.54, 1.807) is 11.3 Å². The zero-order chi connectivity index (χ0) is 38.2. The molecule has 0 unspecified atom stereocenters. The van der Waals surface area contributed by atoms with Crippen molar-refractivity contribution in [2.24, 2.45) is 0 Å². The second-order valence-electron chi connectivity index (χ2n) is 14.8. The van der Waals surface area contributed by atoms with Crippen LogP contribution in [0.5, 0.6) is 0 Å². The maximum absolute atomic E-state index is 6.53. The van der Waals surface area contributed by atoms with E-state index in [-0.39, 0.29) is 0 Å². The molecule has 3 aromatic heterocycles. The maximum atomic E-state index is 6.53. The summed E-state index contributed by atoms with van der Waals surface area (Å²) < 4.78 is 14.0. The fraction of sp³-hybridized carbons (Fsp3) is 0. The lowest BCUT2D eigenvalue weighted by Crippen LogP contribution is -2.09. The molecule has 3 heterocycles. The quantitative estimate of drug-likeness (QED) is 0.169. The molecule has 12 rings (SSSR count). The van der Waals surface area contributed by atoms with E-state index in [1.165, 1.54) is 21.9 Å². The molecule has 0 amide bonds. The first-order valence-electron chi connectivity index (χ1n) is 19.4. The minimum absolute atomic E-state index is 0.862. The van der Waals surface area contributed by atoms with E-state index >= 15 is 0 Å². The van der Waals surface area contributed by atoms with Gasteiger partial charge in [-0.05, 0) is 106 Å². The third kappa shape index (κ3) is 5.40. The number of anilines is 3. The maximum Gasteiger partial charge on any atom is 0.137 e. The number of furan rings is 2. The predicted octanol–water partition coefficient (Wildman–Crippen LogP) is 15.7. The second-order valence-corrected chi connectivity index (χ2v) is 15.8. The first kappa shape index (κ1) is 32.7. The summed E-state index contributed by atoms with van der Waals surface area (Å²) in [5.74, 6) is 0. The number of para-hydroxylation sites is 1. The highest BCUT2D eigenvalue weighted by molar-refractivity contribution is 7.22. The molecule has 0 spiro atoms. The number of benzene rings is 9. The van der Waals surface area contributed by atoms with Crippen molar-refractivity contribution in [1.82, 2.24) is 4.98 Å². The van der Waals surface area contributed by atoms with Crippen LogP contribution in [-0.4, -0.2) is 4.98 Å². The van der Waals surface area contributed by atoms with Crippen LogP contribution in [0.4, 0.5) is 17.1 Å². The number of nitrogens with zero attached hydrogens (tertiary/aromatic N) is 2. The van der Waals surface area contributed by atoms with Crippen molar-refractivity contribution in [3.05, 3.63) is 194 Å². The van der Waals surface area contributed by atoms with Crippen molar-refractivity contribution in [1.29, 1.82) is 0 Å². The lowest BCUT2D eigenvalue weighted by molar-refractivity contribution is 0.668. The van der Waals surface area contributed by atoms with Crippen LogP contribution < -0.4 is 4.90 Å². The molecule has 0 aliphatic rings. The molecule has 272 valence electrons. The summed E-state index contributed by atoms with van der Waals surface area (Å²) in [5, 5.41) is 7.90. The topological polar surface area (TPSA) is 42.4 Å². The minimum atomic E-state index is 0.862. The Labute approximate surface area is 337 Å². The van der Waals surface area contributed by atoms with Crippen molar-refractivity contribution in [2.75, 3.05) is 4.90 Å². The number of hydrogen-bond acceptors (Lipinski definition) is 5. The van der Waals surface area contributed by atoms with Crippen LogP contribution in [0.2, 0.25) is 0 Å². The largest absolute Gasteiger partial charge is 0.456 e. The molecule has 9 aromatic carbocycles. The summed E-state index contributed by atoms with van der Waals surface area (Å²) in [7, 11) is 0. The van der Waals surface area contributed by atoms with Crippen LogP contribution in [0, 0.1) is 0 Å². The molecule has 4 nitrogen and oxygen atoms in total. The van der Waals surface area contributed by atoms with Gasteiger partial charge in [0, 0.05) is 50.2 Å². The van der Waals surface area contributed by atoms with E-state index in [4.69, 9.17) is 13.8 Å². The zero-order valence-electron chi connectivity index (χ0n) is 31.1. The van der Waals surface area contributed by atoms with Crippen LogP contribution in [0.25, 0.3) is 97.7 Å². The van der Waals surface area contributed by atoms with Gasteiger partial charge >= 0.3 is 0 Å². The monoisotopic (exact) mass is 760 g/mol. The third-order valence-corrected chi connectivity index (χ3v) is 12.4. The average molecular weight is 761 g/mol. The van der Waals surface area contributed by atoms with E-state index in [2.05, 4.69) is 187 Å². The Morgan fingerprint density at radius 2 is 0.983 bits per heavy atom. The van der Waals surface area contributed by atoms with Crippen molar-refractivity contribution in [3.63, 3.8) is 0 Å². The van der Waals surface area contributed by atoms with E-state index in [9.17, 15) is 0 Å². The lowest BCUT2D eigenvalue weighted by Gasteiger charge is -2.26. The molecule has 0 saturated carbocycles. The molecule has 0 aliphatic heterocycles. The van der Waals surface area contributed by atoms with Crippen LogP contribution in [0.1, 0.15) is 0 Å². The van der Waals surface area contributed by atoms with Gasteiger partial charge in [0.05, 0.1) is 10.2 Å². The fourth-order valence-corrected chi connectivity index (χ4v) is 9.52. The Kier molecular flexibility index (Phi) is 7.37. The Hall–Kier alpha value is -7.47. The van der Waals surface area contributed by atoms with Gasteiger partial charge in [0.25, 0.3) is 0 Å². The second kappa shape index (κ2) is 13.1. The van der Waals surface area contributed by atoms with Crippen molar-refractivity contribution in [3.8, 4) is 32.8 Å². The van der Waals surface area contributed by atoms with Crippen molar-refractivity contribution < 1.29 is 8.83 Å². The normalized spacial score (nSPS) is 11.8. The first-order chi connectivity index (χ1) is 28.7. The molecule has 0 aliphatic carbocycles. The summed E-state index contributed by atoms with van der Waals surface area (Å²) in [6.45, 7) is 0. The molecule has 0 saturated heterocycles. The highest BCUT2D eigenvalue weighted by atomic mass is 32.1. The van der Waals surface area contributed by atoms with E-state index in [1.807, 2.05) is 12.1 Å². The highest BCUT2D eigenvalue weighted by Gasteiger charge is 2.18. The summed E-state index contributed by atoms with van der Waals surface area (Å²) >= 11 is 1.73. The molecule has 5 heteroatoms. The summed E-state index contributed by atoms with van der Waals surface area (Å²) in [5.41, 5.74) is 13.3. The van der Waals surface area contributed by atoms with Gasteiger partial charge in [0.2, 0.25) is 0 Å². The van der Waals surface area contributed by atoms with Gasteiger partial charge in [0.15, 0.2) is 0 Å². The Balaban J connectivity index is 0.913. The number of thiazole rings is 1. The summed E-state index contributed by atoms with van der Waals surface area (Å²) in [6, 6.07) is 68.5. The number of aromatic nitrogens is 1. The minimum Gasteiger partial charge on any atom is -0.456 e. The SMILES string of the molecule is c1ccc(-c2ccc(N(c3ccc(-c4ccc5c(c4)oc4ccc6nc(-c7ccc8ccccc8c7)sc6c45)cc3)c3ccc4c(c3)oc3ccccc34)cc2)cc1. The van der Waals surface area contributed by atoms with Gasteiger partial charge < -0.3 is 13.7 Å². The Bertz CT molecular complexity index is 3510. The lowest BCUT2D eigenvalue weighted by atomic mass is 10.0. The van der Waals surface area contributed by atoms with E-state index < -0.39 is 0 Å².